The summed E-state index contributed by atoms with van der Waals surface area (Å²) < 4.78 is 12.7. The van der Waals surface area contributed by atoms with Crippen LogP contribution in [0.15, 0.2) is 24.5 Å². The Morgan fingerprint density at radius 3 is 2.38 bits per heavy atom. The van der Waals surface area contributed by atoms with Gasteiger partial charge in [-0.1, -0.05) is 26.7 Å². The highest BCUT2D eigenvalue weighted by Gasteiger charge is 2.25. The van der Waals surface area contributed by atoms with Gasteiger partial charge in [0.15, 0.2) is 11.5 Å². The average molecular weight is 470 g/mol. The Morgan fingerprint density at radius 2 is 1.79 bits per heavy atom. The lowest BCUT2D eigenvalue weighted by atomic mass is 9.91. The number of nitrogens with two attached hydrogens (primary N) is 2. The highest BCUT2D eigenvalue weighted by Crippen LogP contribution is 2.34. The van der Waals surface area contributed by atoms with Crippen LogP contribution in [0.3, 0.4) is 0 Å². The van der Waals surface area contributed by atoms with Crippen LogP contribution in [-0.2, 0) is 0 Å². The summed E-state index contributed by atoms with van der Waals surface area (Å²) in [6, 6.07) is 3.73. The number of benzene rings is 1. The average Bonchev–Trinajstić information content (AvgIpc) is 3.32. The molecule has 1 aliphatic carbocycles. The third kappa shape index (κ3) is 5.01. The number of ether oxygens (including phenoxy) is 2. The van der Waals surface area contributed by atoms with Crippen LogP contribution in [0, 0.1) is 6.92 Å². The first-order valence-corrected chi connectivity index (χ1v) is 11.6. The van der Waals surface area contributed by atoms with Gasteiger partial charge in [-0.2, -0.15) is 4.98 Å². The normalized spacial score (nSPS) is 17.5. The molecule has 2 unspecified atom stereocenters. The van der Waals surface area contributed by atoms with Crippen molar-refractivity contribution in [3.8, 4) is 11.5 Å². The Bertz CT molecular complexity index is 1120. The minimum Gasteiger partial charge on any atom is -0.496 e. The third-order valence-electron chi connectivity index (χ3n) is 5.94. The van der Waals surface area contributed by atoms with Crippen LogP contribution in [0.2, 0.25) is 0 Å². The monoisotopic (exact) mass is 469 g/mol. The highest BCUT2D eigenvalue weighted by atomic mass is 16.5. The minimum absolute atomic E-state index is 0.0296. The molecule has 2 heterocycles. The van der Waals surface area contributed by atoms with Gasteiger partial charge >= 0.3 is 0 Å². The lowest BCUT2D eigenvalue weighted by molar-refractivity contribution is 0.100. The molecule has 2 atom stereocenters. The van der Waals surface area contributed by atoms with Crippen LogP contribution >= 0.6 is 0 Å². The van der Waals surface area contributed by atoms with Gasteiger partial charge in [-0.25, -0.2) is 4.98 Å². The molecule has 1 amide bonds. The number of primary amides is 1. The number of imidazole rings is 1. The number of nitrogens with zero attached hydrogens (tertiary/aromatic N) is 3. The molecule has 0 radical (unpaired) electrons. The van der Waals surface area contributed by atoms with Crippen LogP contribution in [0.5, 0.6) is 11.5 Å². The van der Waals surface area contributed by atoms with E-state index in [2.05, 4.69) is 15.6 Å². The van der Waals surface area contributed by atoms with Crippen LogP contribution in [0.25, 0.3) is 5.65 Å². The highest BCUT2D eigenvalue weighted by molar-refractivity contribution is 6.04. The molecule has 10 heteroatoms. The number of aromatic nitrogens is 3. The van der Waals surface area contributed by atoms with Crippen molar-refractivity contribution in [1.82, 2.24) is 14.4 Å². The maximum atomic E-state index is 12.4. The molecule has 1 aromatic carbocycles. The van der Waals surface area contributed by atoms with Gasteiger partial charge in [-0.3, -0.25) is 9.20 Å². The van der Waals surface area contributed by atoms with E-state index in [0.717, 1.165) is 31.2 Å². The molecule has 2 aromatic heterocycles. The maximum Gasteiger partial charge on any atom is 0.256 e. The molecule has 0 aliphatic heterocycles. The van der Waals surface area contributed by atoms with E-state index in [1.54, 1.807) is 31.0 Å². The number of hydrogen-bond donors (Lipinski definition) is 4. The molecule has 34 heavy (non-hydrogen) atoms. The van der Waals surface area contributed by atoms with Crippen molar-refractivity contribution in [3.05, 3.63) is 35.7 Å². The van der Waals surface area contributed by atoms with E-state index >= 15 is 0 Å². The quantitative estimate of drug-likeness (QED) is 0.411. The number of nitrogens with one attached hydrogen (secondary N) is 2. The van der Waals surface area contributed by atoms with Gasteiger partial charge in [0.2, 0.25) is 5.95 Å². The number of anilines is 3. The first kappa shape index (κ1) is 25.1. The summed E-state index contributed by atoms with van der Waals surface area (Å²) in [5.74, 6) is 1.47. The third-order valence-corrected chi connectivity index (χ3v) is 5.94. The van der Waals surface area contributed by atoms with Gasteiger partial charge in [0.05, 0.1) is 14.2 Å². The van der Waals surface area contributed by atoms with Gasteiger partial charge < -0.3 is 31.6 Å². The molecule has 1 aliphatic rings. The fourth-order valence-corrected chi connectivity index (χ4v) is 4.20. The summed E-state index contributed by atoms with van der Waals surface area (Å²) in [4.78, 5) is 21.4. The second kappa shape index (κ2) is 11.1. The number of rotatable bonds is 7. The van der Waals surface area contributed by atoms with E-state index in [4.69, 9.17) is 25.9 Å². The molecule has 0 spiro atoms. The number of methoxy groups -OCH3 is 2. The van der Waals surface area contributed by atoms with Crippen LogP contribution in [0.4, 0.5) is 17.5 Å². The first-order chi connectivity index (χ1) is 16.4. The number of carbonyl (C=O) groups excluding carboxylic acids is 1. The summed E-state index contributed by atoms with van der Waals surface area (Å²) in [5, 5.41) is 6.66. The molecular formula is C24H35N7O3. The Balaban J connectivity index is 0.00000158. The smallest absolute Gasteiger partial charge is 0.256 e. The van der Waals surface area contributed by atoms with E-state index in [1.807, 2.05) is 32.9 Å². The van der Waals surface area contributed by atoms with E-state index < -0.39 is 5.91 Å². The van der Waals surface area contributed by atoms with Gasteiger partial charge in [0.1, 0.15) is 17.1 Å². The maximum absolute atomic E-state index is 12.4. The number of carbonyl (C=O) groups is 1. The van der Waals surface area contributed by atoms with Crippen LogP contribution in [-0.4, -0.2) is 46.6 Å². The molecule has 184 valence electrons. The van der Waals surface area contributed by atoms with E-state index in [9.17, 15) is 4.79 Å². The van der Waals surface area contributed by atoms with Crippen molar-refractivity contribution >= 4 is 29.0 Å². The molecule has 1 saturated carbocycles. The molecule has 0 bridgehead atoms. The van der Waals surface area contributed by atoms with Crippen molar-refractivity contribution in [2.75, 3.05) is 24.9 Å². The van der Waals surface area contributed by atoms with Crippen LogP contribution < -0.4 is 31.6 Å². The van der Waals surface area contributed by atoms with Crippen molar-refractivity contribution in [2.24, 2.45) is 11.5 Å². The summed E-state index contributed by atoms with van der Waals surface area (Å²) in [6.07, 6.45) is 7.48. The molecule has 6 N–H and O–H groups in total. The summed E-state index contributed by atoms with van der Waals surface area (Å²) in [5.41, 5.74) is 14.1. The Labute approximate surface area is 200 Å². The zero-order valence-corrected chi connectivity index (χ0v) is 20.5. The predicted molar refractivity (Wildman–Crippen MR) is 134 cm³/mol. The second-order valence-electron chi connectivity index (χ2n) is 7.97. The standard InChI is InChI=1S/C22H29N7O3.C2H6/c1-12-16(31-2)10-13(11-17(12)32-3)26-20-18(19(24)30)21-25-8-9-29(21)22(28-20)27-15-7-5-4-6-14(15)23;1-2/h8-11,14-15,26H,4-7,23H2,1-3H3,(H2,24,30)(H,27,28);1-2H3. The molecule has 0 saturated heterocycles. The molecule has 10 nitrogen and oxygen atoms in total. The van der Waals surface area contributed by atoms with E-state index in [0.29, 0.717) is 28.8 Å². The van der Waals surface area contributed by atoms with Crippen LogP contribution in [0.1, 0.15) is 55.5 Å². The van der Waals surface area contributed by atoms with Gasteiger partial charge in [0.25, 0.3) is 5.91 Å². The number of hydrogen-bond acceptors (Lipinski definition) is 8. The van der Waals surface area contributed by atoms with E-state index in [1.165, 1.54) is 0 Å². The zero-order valence-electron chi connectivity index (χ0n) is 20.5. The van der Waals surface area contributed by atoms with Gasteiger partial charge in [0, 0.05) is 47.9 Å². The molecule has 3 aromatic rings. The summed E-state index contributed by atoms with van der Waals surface area (Å²) in [6.45, 7) is 5.90. The second-order valence-corrected chi connectivity index (χ2v) is 7.97. The predicted octanol–water partition coefficient (Wildman–Crippen LogP) is 3.61. The fourth-order valence-electron chi connectivity index (χ4n) is 4.20. The van der Waals surface area contributed by atoms with Crippen molar-refractivity contribution in [3.63, 3.8) is 0 Å². The first-order valence-electron chi connectivity index (χ1n) is 11.6. The Hall–Kier alpha value is -3.53. The number of amides is 1. The summed E-state index contributed by atoms with van der Waals surface area (Å²) in [7, 11) is 3.18. The fraction of sp³-hybridized carbons (Fsp3) is 0.458. The van der Waals surface area contributed by atoms with Crippen molar-refractivity contribution in [1.29, 1.82) is 0 Å². The summed E-state index contributed by atoms with van der Waals surface area (Å²) >= 11 is 0. The Kier molecular flexibility index (Phi) is 8.17. The van der Waals surface area contributed by atoms with Crippen molar-refractivity contribution < 1.29 is 14.3 Å². The lowest BCUT2D eigenvalue weighted by Gasteiger charge is -2.30. The van der Waals surface area contributed by atoms with Crippen molar-refractivity contribution in [2.45, 2.75) is 58.5 Å². The van der Waals surface area contributed by atoms with Gasteiger partial charge in [-0.15, -0.1) is 0 Å². The number of fused-ring (bicyclic) bond motifs is 1. The molecule has 1 fully saturated rings. The topological polar surface area (TPSA) is 142 Å². The molecule has 4 rings (SSSR count). The SMILES string of the molecule is CC.COc1cc(Nc2nc(NC3CCCCC3N)n3ccnc3c2C(N)=O)cc(OC)c1C. The Morgan fingerprint density at radius 1 is 1.15 bits per heavy atom. The van der Waals surface area contributed by atoms with E-state index in [-0.39, 0.29) is 23.5 Å². The lowest BCUT2D eigenvalue weighted by Crippen LogP contribution is -2.43. The zero-order chi connectivity index (χ0) is 24.8. The van der Waals surface area contributed by atoms with Gasteiger partial charge in [-0.05, 0) is 19.8 Å². The molecular weight excluding hydrogens is 434 g/mol. The largest absolute Gasteiger partial charge is 0.496 e. The minimum atomic E-state index is -0.636.